The van der Waals surface area contributed by atoms with Gasteiger partial charge in [-0.25, -0.2) is 4.98 Å². The Kier molecular flexibility index (Phi) is 3.73. The average molecular weight is 328 g/mol. The van der Waals surface area contributed by atoms with Gasteiger partial charge in [-0.05, 0) is 48.7 Å². The van der Waals surface area contributed by atoms with E-state index in [9.17, 15) is 0 Å². The SMILES string of the molecule is Cc1cc(Nc2nc(Cl)ncc2N)cc(C)c1Br. The highest BCUT2D eigenvalue weighted by atomic mass is 79.9. The van der Waals surface area contributed by atoms with E-state index in [1.54, 1.807) is 0 Å². The van der Waals surface area contributed by atoms with Crippen molar-refractivity contribution in [3.8, 4) is 0 Å². The average Bonchev–Trinajstić information content (AvgIpc) is 2.31. The van der Waals surface area contributed by atoms with Gasteiger partial charge in [-0.1, -0.05) is 15.9 Å². The first-order valence-corrected chi connectivity index (χ1v) is 6.46. The van der Waals surface area contributed by atoms with Crippen molar-refractivity contribution in [1.29, 1.82) is 0 Å². The monoisotopic (exact) mass is 326 g/mol. The highest BCUT2D eigenvalue weighted by molar-refractivity contribution is 9.10. The van der Waals surface area contributed by atoms with E-state index in [-0.39, 0.29) is 5.28 Å². The molecule has 0 saturated carbocycles. The topological polar surface area (TPSA) is 63.8 Å². The zero-order chi connectivity index (χ0) is 13.3. The molecule has 94 valence electrons. The van der Waals surface area contributed by atoms with Crippen molar-refractivity contribution < 1.29 is 0 Å². The molecule has 6 heteroatoms. The predicted molar refractivity (Wildman–Crippen MR) is 78.4 cm³/mol. The third kappa shape index (κ3) is 2.73. The summed E-state index contributed by atoms with van der Waals surface area (Å²) < 4.78 is 1.10. The van der Waals surface area contributed by atoms with Crippen molar-refractivity contribution in [3.63, 3.8) is 0 Å². The molecule has 0 aliphatic heterocycles. The van der Waals surface area contributed by atoms with E-state index in [4.69, 9.17) is 17.3 Å². The second-order valence-corrected chi connectivity index (χ2v) is 5.12. The molecule has 0 unspecified atom stereocenters. The van der Waals surface area contributed by atoms with E-state index < -0.39 is 0 Å². The van der Waals surface area contributed by atoms with Gasteiger partial charge in [0.2, 0.25) is 5.28 Å². The largest absolute Gasteiger partial charge is 0.394 e. The minimum absolute atomic E-state index is 0.164. The molecule has 0 spiro atoms. The Morgan fingerprint density at radius 2 is 1.89 bits per heavy atom. The minimum atomic E-state index is 0.164. The maximum absolute atomic E-state index is 5.79. The molecule has 1 aromatic carbocycles. The molecule has 18 heavy (non-hydrogen) atoms. The van der Waals surface area contributed by atoms with Gasteiger partial charge in [0.1, 0.15) is 0 Å². The van der Waals surface area contributed by atoms with Crippen molar-refractivity contribution in [1.82, 2.24) is 9.97 Å². The van der Waals surface area contributed by atoms with Gasteiger partial charge in [0.25, 0.3) is 0 Å². The molecule has 0 saturated heterocycles. The summed E-state index contributed by atoms with van der Waals surface area (Å²) in [4.78, 5) is 7.87. The molecule has 0 aliphatic carbocycles. The van der Waals surface area contributed by atoms with Crippen LogP contribution in [0.25, 0.3) is 0 Å². The summed E-state index contributed by atoms with van der Waals surface area (Å²) in [6, 6.07) is 4.01. The molecule has 0 fully saturated rings. The number of benzene rings is 1. The fourth-order valence-electron chi connectivity index (χ4n) is 1.62. The molecule has 0 aliphatic rings. The van der Waals surface area contributed by atoms with E-state index in [0.717, 1.165) is 21.3 Å². The van der Waals surface area contributed by atoms with E-state index in [1.807, 2.05) is 26.0 Å². The van der Waals surface area contributed by atoms with Crippen LogP contribution >= 0.6 is 27.5 Å². The number of aryl methyl sites for hydroxylation is 2. The van der Waals surface area contributed by atoms with E-state index >= 15 is 0 Å². The molecule has 1 aromatic heterocycles. The van der Waals surface area contributed by atoms with Crippen molar-refractivity contribution in [2.24, 2.45) is 0 Å². The second kappa shape index (κ2) is 5.12. The molecule has 1 heterocycles. The summed E-state index contributed by atoms with van der Waals surface area (Å²) in [6.45, 7) is 4.05. The molecule has 3 N–H and O–H groups in total. The number of nitrogen functional groups attached to an aromatic ring is 1. The Bertz CT molecular complexity index is 578. The van der Waals surface area contributed by atoms with Crippen LogP contribution in [0.2, 0.25) is 5.28 Å². The Labute approximate surface area is 119 Å². The lowest BCUT2D eigenvalue weighted by Gasteiger charge is -2.11. The van der Waals surface area contributed by atoms with E-state index in [1.165, 1.54) is 6.20 Å². The lowest BCUT2D eigenvalue weighted by molar-refractivity contribution is 1.17. The number of halogens is 2. The highest BCUT2D eigenvalue weighted by Crippen LogP contribution is 2.28. The summed E-state index contributed by atoms with van der Waals surface area (Å²) in [5.74, 6) is 0.510. The molecule has 0 bridgehead atoms. The summed E-state index contributed by atoms with van der Waals surface area (Å²) in [5, 5.41) is 3.30. The predicted octanol–water partition coefficient (Wildman–Crippen LogP) is 3.84. The second-order valence-electron chi connectivity index (χ2n) is 3.99. The van der Waals surface area contributed by atoms with Gasteiger partial charge < -0.3 is 11.1 Å². The van der Waals surface area contributed by atoms with Gasteiger partial charge in [-0.2, -0.15) is 4.98 Å². The van der Waals surface area contributed by atoms with Gasteiger partial charge in [0.05, 0.1) is 11.9 Å². The van der Waals surface area contributed by atoms with Crippen LogP contribution in [0.5, 0.6) is 0 Å². The van der Waals surface area contributed by atoms with E-state index in [0.29, 0.717) is 11.5 Å². The molecule has 2 aromatic rings. The standard InChI is InChI=1S/C12H12BrClN4/c1-6-3-8(4-7(2)10(6)13)17-11-9(15)5-16-12(14)18-11/h3-5H,15H2,1-2H3,(H,16,17,18). The molecule has 0 atom stereocenters. The number of hydrogen-bond acceptors (Lipinski definition) is 4. The Morgan fingerprint density at radius 3 is 2.50 bits per heavy atom. The summed E-state index contributed by atoms with van der Waals surface area (Å²) in [6.07, 6.45) is 1.48. The van der Waals surface area contributed by atoms with Crippen LogP contribution in [0.15, 0.2) is 22.8 Å². The Balaban J connectivity index is 2.37. The number of nitrogens with one attached hydrogen (secondary N) is 1. The van der Waals surface area contributed by atoms with Crippen molar-refractivity contribution >= 4 is 44.7 Å². The normalized spacial score (nSPS) is 10.4. The molecular weight excluding hydrogens is 316 g/mol. The number of aromatic nitrogens is 2. The van der Waals surface area contributed by atoms with Crippen LogP contribution in [-0.4, -0.2) is 9.97 Å². The maximum Gasteiger partial charge on any atom is 0.224 e. The molecular formula is C12H12BrClN4. The van der Waals surface area contributed by atoms with Gasteiger partial charge in [-0.15, -0.1) is 0 Å². The lowest BCUT2D eigenvalue weighted by Crippen LogP contribution is -2.01. The molecule has 0 amide bonds. The maximum atomic E-state index is 5.79. The van der Waals surface area contributed by atoms with Gasteiger partial charge in [0.15, 0.2) is 5.82 Å². The number of hydrogen-bond donors (Lipinski definition) is 2. The fourth-order valence-corrected chi connectivity index (χ4v) is 1.99. The number of anilines is 3. The summed E-state index contributed by atoms with van der Waals surface area (Å²) in [5.41, 5.74) is 9.43. The van der Waals surface area contributed by atoms with Gasteiger partial charge in [-0.3, -0.25) is 0 Å². The van der Waals surface area contributed by atoms with Crippen molar-refractivity contribution in [2.45, 2.75) is 13.8 Å². The summed E-state index contributed by atoms with van der Waals surface area (Å²) in [7, 11) is 0. The number of nitrogens with zero attached hydrogens (tertiary/aromatic N) is 2. The van der Waals surface area contributed by atoms with Crippen LogP contribution < -0.4 is 11.1 Å². The smallest absolute Gasteiger partial charge is 0.224 e. The first-order chi connectivity index (χ1) is 8.47. The zero-order valence-electron chi connectivity index (χ0n) is 9.96. The highest BCUT2D eigenvalue weighted by Gasteiger charge is 2.06. The number of rotatable bonds is 2. The third-order valence-electron chi connectivity index (χ3n) is 2.49. The Morgan fingerprint density at radius 1 is 1.28 bits per heavy atom. The lowest BCUT2D eigenvalue weighted by atomic mass is 10.1. The Hall–Kier alpha value is -1.33. The van der Waals surface area contributed by atoms with Crippen LogP contribution in [0, 0.1) is 13.8 Å². The van der Waals surface area contributed by atoms with Crippen LogP contribution in [-0.2, 0) is 0 Å². The van der Waals surface area contributed by atoms with Crippen LogP contribution in [0.3, 0.4) is 0 Å². The minimum Gasteiger partial charge on any atom is -0.394 e. The quantitative estimate of drug-likeness (QED) is 0.823. The van der Waals surface area contributed by atoms with Crippen molar-refractivity contribution in [3.05, 3.63) is 39.2 Å². The van der Waals surface area contributed by atoms with E-state index in [2.05, 4.69) is 31.2 Å². The van der Waals surface area contributed by atoms with Crippen LogP contribution in [0.4, 0.5) is 17.2 Å². The summed E-state index contributed by atoms with van der Waals surface area (Å²) >= 11 is 9.27. The molecule has 2 rings (SSSR count). The van der Waals surface area contributed by atoms with Gasteiger partial charge >= 0.3 is 0 Å². The van der Waals surface area contributed by atoms with Crippen LogP contribution in [0.1, 0.15) is 11.1 Å². The molecule has 0 radical (unpaired) electrons. The first kappa shape index (κ1) is 13.1. The van der Waals surface area contributed by atoms with Crippen molar-refractivity contribution in [2.75, 3.05) is 11.1 Å². The third-order valence-corrected chi connectivity index (χ3v) is 3.92. The fraction of sp³-hybridized carbons (Fsp3) is 0.167. The first-order valence-electron chi connectivity index (χ1n) is 5.29. The zero-order valence-corrected chi connectivity index (χ0v) is 12.3. The number of nitrogens with two attached hydrogens (primary N) is 1. The van der Waals surface area contributed by atoms with Gasteiger partial charge in [0, 0.05) is 10.2 Å². The molecule has 4 nitrogen and oxygen atoms in total.